The number of hydrogen-bond donors (Lipinski definition) is 1. The van der Waals surface area contributed by atoms with Gasteiger partial charge in [-0.1, -0.05) is 42.5 Å². The summed E-state index contributed by atoms with van der Waals surface area (Å²) in [6.45, 7) is 0. The fourth-order valence-electron chi connectivity index (χ4n) is 4.30. The Balaban J connectivity index is 1.75. The van der Waals surface area contributed by atoms with Crippen molar-refractivity contribution in [3.63, 3.8) is 0 Å². The van der Waals surface area contributed by atoms with Crippen LogP contribution in [0.2, 0.25) is 0 Å². The predicted molar refractivity (Wildman–Crippen MR) is 86.8 cm³/mol. The van der Waals surface area contributed by atoms with Crippen LogP contribution in [0.4, 0.5) is 0 Å². The first kappa shape index (κ1) is 13.8. The number of nitrogens with one attached hydrogen (secondary N) is 1. The van der Waals surface area contributed by atoms with Gasteiger partial charge in [-0.2, -0.15) is 0 Å². The zero-order valence-corrected chi connectivity index (χ0v) is 12.8. The van der Waals surface area contributed by atoms with Crippen molar-refractivity contribution in [1.29, 1.82) is 0 Å². The third kappa shape index (κ3) is 2.20. The van der Waals surface area contributed by atoms with Crippen LogP contribution in [0.15, 0.2) is 42.5 Å². The third-order valence-corrected chi connectivity index (χ3v) is 5.36. The Morgan fingerprint density at radius 2 is 1.95 bits per heavy atom. The van der Waals surface area contributed by atoms with Crippen LogP contribution >= 0.6 is 0 Å². The zero-order valence-electron chi connectivity index (χ0n) is 12.8. The predicted octanol–water partition coefficient (Wildman–Crippen LogP) is 3.24. The molecule has 3 heteroatoms. The van der Waals surface area contributed by atoms with Gasteiger partial charge in [-0.25, -0.2) is 0 Å². The van der Waals surface area contributed by atoms with Crippen molar-refractivity contribution in [3.05, 3.63) is 48.0 Å². The van der Waals surface area contributed by atoms with Crippen LogP contribution in [0.5, 0.6) is 0 Å². The van der Waals surface area contributed by atoms with Gasteiger partial charge in [-0.3, -0.25) is 4.79 Å². The fraction of sp³-hybridized carbons (Fsp3) is 0.421. The third-order valence-electron chi connectivity index (χ3n) is 5.36. The molecule has 2 fully saturated rings. The second kappa shape index (κ2) is 5.40. The lowest BCUT2D eigenvalue weighted by atomic mass is 9.76. The van der Waals surface area contributed by atoms with Crippen molar-refractivity contribution in [2.24, 2.45) is 5.92 Å². The number of benzene rings is 2. The average Bonchev–Trinajstić information content (AvgIpc) is 2.95. The van der Waals surface area contributed by atoms with E-state index in [9.17, 15) is 4.79 Å². The number of carbonyl (C=O) groups is 1. The van der Waals surface area contributed by atoms with Gasteiger partial charge in [-0.05, 0) is 35.6 Å². The number of carbonyl (C=O) groups excluding carboxylic acids is 1. The van der Waals surface area contributed by atoms with E-state index in [1.165, 1.54) is 29.9 Å². The lowest BCUT2D eigenvalue weighted by Crippen LogP contribution is -2.48. The molecule has 0 aromatic heterocycles. The van der Waals surface area contributed by atoms with Crippen LogP contribution in [-0.4, -0.2) is 25.2 Å². The van der Waals surface area contributed by atoms with Crippen LogP contribution in [0.3, 0.4) is 0 Å². The Labute approximate surface area is 130 Å². The van der Waals surface area contributed by atoms with Gasteiger partial charge in [0.2, 0.25) is 0 Å². The highest BCUT2D eigenvalue weighted by molar-refractivity contribution is 5.83. The van der Waals surface area contributed by atoms with E-state index in [1.807, 2.05) is 0 Å². The normalized spacial score (nSPS) is 30.4. The summed E-state index contributed by atoms with van der Waals surface area (Å²) in [5, 5.41) is 6.08. The fourth-order valence-corrected chi connectivity index (χ4v) is 4.30. The van der Waals surface area contributed by atoms with Crippen LogP contribution in [0.1, 0.15) is 30.7 Å². The van der Waals surface area contributed by atoms with Crippen LogP contribution in [-0.2, 0) is 9.53 Å². The standard InChI is InChI=1S/C19H21NO2/c1-22-19(21)18-16(11-15-8-9-17(18)20-15)14-7-6-12-4-2-3-5-13(12)10-14/h2-7,10,15-18,20H,8-9,11H2,1H3/t15-,16+,17+,18+/m0/s1. The number of fused-ring (bicyclic) bond motifs is 3. The first-order chi connectivity index (χ1) is 10.8. The molecule has 0 radical (unpaired) electrons. The summed E-state index contributed by atoms with van der Waals surface area (Å²) in [6.07, 6.45) is 3.27. The maximum absolute atomic E-state index is 12.3. The second-order valence-corrected chi connectivity index (χ2v) is 6.55. The van der Waals surface area contributed by atoms with Gasteiger partial charge in [0.1, 0.15) is 0 Å². The van der Waals surface area contributed by atoms with Crippen LogP contribution in [0.25, 0.3) is 10.8 Å². The minimum Gasteiger partial charge on any atom is -0.469 e. The Hall–Kier alpha value is -1.87. The topological polar surface area (TPSA) is 38.3 Å². The monoisotopic (exact) mass is 295 g/mol. The van der Waals surface area contributed by atoms with Gasteiger partial charge < -0.3 is 10.1 Å². The highest BCUT2D eigenvalue weighted by atomic mass is 16.5. The first-order valence-corrected chi connectivity index (χ1v) is 8.09. The van der Waals surface area contributed by atoms with E-state index in [2.05, 4.69) is 47.8 Å². The molecule has 22 heavy (non-hydrogen) atoms. The molecule has 1 N–H and O–H groups in total. The molecule has 2 bridgehead atoms. The minimum atomic E-state index is -0.0731. The maximum atomic E-state index is 12.3. The summed E-state index contributed by atoms with van der Waals surface area (Å²) < 4.78 is 5.10. The summed E-state index contributed by atoms with van der Waals surface area (Å²) in [6, 6.07) is 15.8. The molecular weight excluding hydrogens is 274 g/mol. The largest absolute Gasteiger partial charge is 0.469 e. The smallest absolute Gasteiger partial charge is 0.310 e. The van der Waals surface area contributed by atoms with Gasteiger partial charge in [0.15, 0.2) is 0 Å². The molecule has 2 saturated heterocycles. The van der Waals surface area contributed by atoms with Crippen molar-refractivity contribution in [2.75, 3.05) is 7.11 Å². The molecule has 2 aromatic rings. The SMILES string of the molecule is COC(=O)[C@@H]1[C@@H](c2ccc3ccccc3c2)C[C@@H]2CC[C@H]1N2. The Morgan fingerprint density at radius 3 is 2.77 bits per heavy atom. The van der Waals surface area contributed by atoms with Crippen LogP contribution in [0, 0.1) is 5.92 Å². The van der Waals surface area contributed by atoms with Crippen molar-refractivity contribution >= 4 is 16.7 Å². The number of ether oxygens (including phenoxy) is 1. The van der Waals surface area contributed by atoms with E-state index in [0.717, 1.165) is 12.8 Å². The van der Waals surface area contributed by atoms with Gasteiger partial charge in [0.25, 0.3) is 0 Å². The van der Waals surface area contributed by atoms with Gasteiger partial charge in [0, 0.05) is 18.0 Å². The number of methoxy groups -OCH3 is 1. The number of hydrogen-bond acceptors (Lipinski definition) is 3. The summed E-state index contributed by atoms with van der Waals surface area (Å²) in [4.78, 5) is 12.3. The average molecular weight is 295 g/mol. The molecule has 2 heterocycles. The van der Waals surface area contributed by atoms with E-state index in [4.69, 9.17) is 4.74 Å². The van der Waals surface area contributed by atoms with Crippen molar-refractivity contribution in [1.82, 2.24) is 5.32 Å². The van der Waals surface area contributed by atoms with Gasteiger partial charge in [0.05, 0.1) is 13.0 Å². The molecule has 0 spiro atoms. The molecule has 2 aliphatic rings. The minimum absolute atomic E-state index is 0.0649. The summed E-state index contributed by atoms with van der Waals surface area (Å²) >= 11 is 0. The molecule has 0 amide bonds. The molecule has 3 nitrogen and oxygen atoms in total. The summed E-state index contributed by atoms with van der Waals surface area (Å²) in [5.41, 5.74) is 1.27. The van der Waals surface area contributed by atoms with E-state index in [0.29, 0.717) is 6.04 Å². The first-order valence-electron chi connectivity index (χ1n) is 8.09. The molecule has 0 unspecified atom stereocenters. The molecule has 114 valence electrons. The maximum Gasteiger partial charge on any atom is 0.310 e. The van der Waals surface area contributed by atoms with E-state index in [-0.39, 0.29) is 23.8 Å². The Kier molecular flexibility index (Phi) is 3.38. The summed E-state index contributed by atoms with van der Waals surface area (Å²) in [7, 11) is 1.50. The van der Waals surface area contributed by atoms with Gasteiger partial charge in [-0.15, -0.1) is 0 Å². The second-order valence-electron chi connectivity index (χ2n) is 6.55. The highest BCUT2D eigenvalue weighted by Gasteiger charge is 2.46. The lowest BCUT2D eigenvalue weighted by molar-refractivity contribution is -0.148. The molecule has 0 saturated carbocycles. The quantitative estimate of drug-likeness (QED) is 0.864. The number of piperidine rings is 1. The lowest BCUT2D eigenvalue weighted by Gasteiger charge is -2.36. The summed E-state index contributed by atoms with van der Waals surface area (Å²) in [5.74, 6) is 0.122. The van der Waals surface area contributed by atoms with Crippen molar-refractivity contribution in [3.8, 4) is 0 Å². The van der Waals surface area contributed by atoms with Gasteiger partial charge >= 0.3 is 5.97 Å². The Bertz CT molecular complexity index is 711. The molecule has 4 atom stereocenters. The molecule has 2 aliphatic heterocycles. The van der Waals surface area contributed by atoms with Crippen LogP contribution < -0.4 is 5.32 Å². The Morgan fingerprint density at radius 1 is 1.14 bits per heavy atom. The number of esters is 1. The zero-order chi connectivity index (χ0) is 15.1. The molecule has 4 rings (SSSR count). The molecular formula is C19H21NO2. The van der Waals surface area contributed by atoms with E-state index in [1.54, 1.807) is 0 Å². The number of rotatable bonds is 2. The molecule has 2 aromatic carbocycles. The van der Waals surface area contributed by atoms with Crippen molar-refractivity contribution < 1.29 is 9.53 Å². The van der Waals surface area contributed by atoms with E-state index >= 15 is 0 Å². The molecule has 0 aliphatic carbocycles. The van der Waals surface area contributed by atoms with E-state index < -0.39 is 0 Å². The highest BCUT2D eigenvalue weighted by Crippen LogP contribution is 2.42. The van der Waals surface area contributed by atoms with Crippen molar-refractivity contribution in [2.45, 2.75) is 37.3 Å².